The van der Waals surface area contributed by atoms with E-state index < -0.39 is 0 Å². The number of hydrogen-bond acceptors (Lipinski definition) is 6. The highest BCUT2D eigenvalue weighted by atomic mass is 16.5. The second-order valence-corrected chi connectivity index (χ2v) is 6.03. The molecule has 7 heteroatoms. The van der Waals surface area contributed by atoms with Gasteiger partial charge in [-0.25, -0.2) is 4.98 Å². The zero-order valence-electron chi connectivity index (χ0n) is 13.8. The van der Waals surface area contributed by atoms with Crippen LogP contribution in [0.2, 0.25) is 0 Å². The van der Waals surface area contributed by atoms with Crippen molar-refractivity contribution in [1.82, 2.24) is 20.4 Å². The Kier molecular flexibility index (Phi) is 5.40. The van der Waals surface area contributed by atoms with Gasteiger partial charge < -0.3 is 14.6 Å². The van der Waals surface area contributed by atoms with Gasteiger partial charge in [0.1, 0.15) is 0 Å². The monoisotopic (exact) mass is 330 g/mol. The molecule has 0 saturated heterocycles. The molecule has 1 aliphatic carbocycles. The van der Waals surface area contributed by atoms with Crippen LogP contribution in [-0.4, -0.2) is 34.2 Å². The molecule has 0 unspecified atom stereocenters. The average Bonchev–Trinajstić information content (AvgIpc) is 3.02. The van der Waals surface area contributed by atoms with E-state index in [4.69, 9.17) is 9.26 Å². The quantitative estimate of drug-likeness (QED) is 0.872. The minimum absolute atomic E-state index is 0.0474. The van der Waals surface area contributed by atoms with E-state index in [-0.39, 0.29) is 12.3 Å². The molecule has 128 valence electrons. The number of pyridine rings is 1. The molecule has 0 bridgehead atoms. The highest BCUT2D eigenvalue weighted by Crippen LogP contribution is 2.17. The standard InChI is InChI=1S/C17H22N4O3/c1-23-16-9-5-8-13(19-16)10-17-20-14(21-24-17)11-15(22)18-12-6-3-2-4-7-12/h5,8-9,12H,2-4,6-7,10-11H2,1H3,(H,18,22). The fraction of sp³-hybridized carbons (Fsp3) is 0.529. The van der Waals surface area contributed by atoms with E-state index >= 15 is 0 Å². The summed E-state index contributed by atoms with van der Waals surface area (Å²) in [4.78, 5) is 20.6. The number of hydrogen-bond donors (Lipinski definition) is 1. The Morgan fingerprint density at radius 2 is 2.12 bits per heavy atom. The van der Waals surface area contributed by atoms with Gasteiger partial charge in [0.25, 0.3) is 0 Å². The molecule has 2 aromatic heterocycles. The summed E-state index contributed by atoms with van der Waals surface area (Å²) in [6.07, 6.45) is 6.31. The normalized spacial score (nSPS) is 15.2. The number of ether oxygens (including phenoxy) is 1. The Hall–Kier alpha value is -2.44. The first-order valence-corrected chi connectivity index (χ1v) is 8.33. The average molecular weight is 330 g/mol. The zero-order chi connectivity index (χ0) is 16.8. The van der Waals surface area contributed by atoms with Crippen LogP contribution in [0.25, 0.3) is 0 Å². The first-order chi connectivity index (χ1) is 11.7. The lowest BCUT2D eigenvalue weighted by molar-refractivity contribution is -0.121. The molecule has 0 radical (unpaired) electrons. The molecule has 24 heavy (non-hydrogen) atoms. The summed E-state index contributed by atoms with van der Waals surface area (Å²) in [6, 6.07) is 5.79. The molecule has 0 atom stereocenters. The van der Waals surface area contributed by atoms with Gasteiger partial charge in [0.15, 0.2) is 5.82 Å². The number of carbonyl (C=O) groups is 1. The summed E-state index contributed by atoms with van der Waals surface area (Å²) >= 11 is 0. The van der Waals surface area contributed by atoms with Crippen molar-refractivity contribution < 1.29 is 14.1 Å². The Labute approximate surface area is 140 Å². The predicted molar refractivity (Wildman–Crippen MR) is 86.6 cm³/mol. The molecule has 7 nitrogen and oxygen atoms in total. The maximum absolute atomic E-state index is 12.1. The van der Waals surface area contributed by atoms with E-state index in [1.165, 1.54) is 19.3 Å². The van der Waals surface area contributed by atoms with Crippen molar-refractivity contribution in [2.75, 3.05) is 7.11 Å². The molecule has 1 saturated carbocycles. The van der Waals surface area contributed by atoms with Gasteiger partial charge in [-0.05, 0) is 18.9 Å². The number of rotatable bonds is 6. The first-order valence-electron chi connectivity index (χ1n) is 8.33. The molecule has 2 aromatic rings. The lowest BCUT2D eigenvalue weighted by atomic mass is 9.95. The third-order valence-corrected chi connectivity index (χ3v) is 4.12. The third-order valence-electron chi connectivity index (χ3n) is 4.12. The molecule has 3 rings (SSSR count). The minimum Gasteiger partial charge on any atom is -0.481 e. The fourth-order valence-electron chi connectivity index (χ4n) is 2.93. The van der Waals surface area contributed by atoms with Crippen LogP contribution >= 0.6 is 0 Å². The lowest BCUT2D eigenvalue weighted by Gasteiger charge is -2.22. The second kappa shape index (κ2) is 7.90. The summed E-state index contributed by atoms with van der Waals surface area (Å²) in [5.74, 6) is 1.34. The number of carbonyl (C=O) groups excluding carboxylic acids is 1. The van der Waals surface area contributed by atoms with Crippen LogP contribution in [0.3, 0.4) is 0 Å². The van der Waals surface area contributed by atoms with Gasteiger partial charge in [0.05, 0.1) is 25.6 Å². The zero-order valence-corrected chi connectivity index (χ0v) is 13.8. The molecule has 1 N–H and O–H groups in total. The van der Waals surface area contributed by atoms with Gasteiger partial charge in [-0.2, -0.15) is 4.98 Å². The van der Waals surface area contributed by atoms with Crippen LogP contribution in [0, 0.1) is 0 Å². The van der Waals surface area contributed by atoms with Gasteiger partial charge in [-0.1, -0.05) is 30.5 Å². The molecular formula is C17H22N4O3. The van der Waals surface area contributed by atoms with Crippen molar-refractivity contribution in [3.05, 3.63) is 35.6 Å². The number of nitrogens with zero attached hydrogens (tertiary/aromatic N) is 3. The maximum Gasteiger partial charge on any atom is 0.232 e. The maximum atomic E-state index is 12.1. The summed E-state index contributed by atoms with van der Waals surface area (Å²) in [7, 11) is 1.57. The summed E-state index contributed by atoms with van der Waals surface area (Å²) in [5, 5.41) is 6.93. The molecule has 0 spiro atoms. The van der Waals surface area contributed by atoms with Crippen LogP contribution in [0.1, 0.15) is 49.5 Å². The van der Waals surface area contributed by atoms with Gasteiger partial charge in [0, 0.05) is 12.1 Å². The summed E-state index contributed by atoms with van der Waals surface area (Å²) < 4.78 is 10.3. The summed E-state index contributed by atoms with van der Waals surface area (Å²) in [6.45, 7) is 0. The van der Waals surface area contributed by atoms with Gasteiger partial charge in [-0.3, -0.25) is 4.79 Å². The third kappa shape index (κ3) is 4.53. The van der Waals surface area contributed by atoms with Crippen molar-refractivity contribution >= 4 is 5.91 Å². The van der Waals surface area contributed by atoms with Crippen molar-refractivity contribution in [3.8, 4) is 5.88 Å². The highest BCUT2D eigenvalue weighted by molar-refractivity contribution is 5.78. The first kappa shape index (κ1) is 16.4. The molecule has 2 heterocycles. The van der Waals surface area contributed by atoms with Crippen molar-refractivity contribution in [2.45, 2.75) is 51.0 Å². The van der Waals surface area contributed by atoms with Crippen LogP contribution in [-0.2, 0) is 17.6 Å². The molecule has 0 aromatic carbocycles. The fourth-order valence-corrected chi connectivity index (χ4v) is 2.93. The number of amides is 1. The van der Waals surface area contributed by atoms with Crippen LogP contribution < -0.4 is 10.1 Å². The molecule has 0 aliphatic heterocycles. The van der Waals surface area contributed by atoms with Gasteiger partial charge in [-0.15, -0.1) is 0 Å². The van der Waals surface area contributed by atoms with E-state index in [2.05, 4.69) is 20.4 Å². The largest absolute Gasteiger partial charge is 0.481 e. The number of nitrogens with one attached hydrogen (secondary N) is 1. The topological polar surface area (TPSA) is 90.1 Å². The van der Waals surface area contributed by atoms with Crippen molar-refractivity contribution in [3.63, 3.8) is 0 Å². The number of aromatic nitrogens is 3. The van der Waals surface area contributed by atoms with Crippen LogP contribution in [0.15, 0.2) is 22.7 Å². The lowest BCUT2D eigenvalue weighted by Crippen LogP contribution is -2.37. The van der Waals surface area contributed by atoms with Gasteiger partial charge >= 0.3 is 0 Å². The Morgan fingerprint density at radius 1 is 1.29 bits per heavy atom. The second-order valence-electron chi connectivity index (χ2n) is 6.03. The van der Waals surface area contributed by atoms with Crippen LogP contribution in [0.5, 0.6) is 5.88 Å². The predicted octanol–water partition coefficient (Wildman–Crippen LogP) is 2.06. The SMILES string of the molecule is COc1cccc(Cc2nc(CC(=O)NC3CCCCC3)no2)n1. The highest BCUT2D eigenvalue weighted by Gasteiger charge is 2.17. The van der Waals surface area contributed by atoms with E-state index in [0.29, 0.717) is 30.1 Å². The molecular weight excluding hydrogens is 308 g/mol. The Balaban J connectivity index is 1.53. The van der Waals surface area contributed by atoms with Gasteiger partial charge in [0.2, 0.25) is 17.7 Å². The minimum atomic E-state index is -0.0474. The van der Waals surface area contributed by atoms with E-state index in [0.717, 1.165) is 18.5 Å². The van der Waals surface area contributed by atoms with Crippen molar-refractivity contribution in [2.24, 2.45) is 0 Å². The van der Waals surface area contributed by atoms with Crippen LogP contribution in [0.4, 0.5) is 0 Å². The van der Waals surface area contributed by atoms with E-state index in [9.17, 15) is 4.79 Å². The molecule has 1 fully saturated rings. The Morgan fingerprint density at radius 3 is 2.92 bits per heavy atom. The molecule has 1 amide bonds. The van der Waals surface area contributed by atoms with E-state index in [1.807, 2.05) is 12.1 Å². The number of methoxy groups -OCH3 is 1. The van der Waals surface area contributed by atoms with E-state index in [1.54, 1.807) is 13.2 Å². The Bertz CT molecular complexity index is 680. The smallest absolute Gasteiger partial charge is 0.232 e. The molecule has 1 aliphatic rings. The van der Waals surface area contributed by atoms with Crippen molar-refractivity contribution in [1.29, 1.82) is 0 Å². The summed E-state index contributed by atoms with van der Waals surface area (Å²) in [5.41, 5.74) is 0.774.